The molecule has 1 amide bonds. The molecule has 0 spiro atoms. The van der Waals surface area contributed by atoms with Crippen molar-refractivity contribution in [2.24, 2.45) is 5.92 Å². The lowest BCUT2D eigenvalue weighted by Crippen LogP contribution is -2.34. The molecule has 2 fully saturated rings. The van der Waals surface area contributed by atoms with Crippen LogP contribution >= 0.6 is 0 Å². The molecule has 1 saturated heterocycles. The number of carbonyl (C=O) groups excluding carboxylic acids is 1. The summed E-state index contributed by atoms with van der Waals surface area (Å²) >= 11 is 0. The molecule has 4 heteroatoms. The summed E-state index contributed by atoms with van der Waals surface area (Å²) in [6.45, 7) is 3.84. The number of hydrogen-bond acceptors (Lipinski definition) is 3. The molecule has 1 aliphatic heterocycles. The molecule has 2 aliphatic rings. The van der Waals surface area contributed by atoms with Gasteiger partial charge in [-0.25, -0.2) is 0 Å². The summed E-state index contributed by atoms with van der Waals surface area (Å²) in [4.78, 5) is 14.0. The van der Waals surface area contributed by atoms with Gasteiger partial charge in [0.1, 0.15) is 0 Å². The van der Waals surface area contributed by atoms with Crippen molar-refractivity contribution in [3.63, 3.8) is 0 Å². The number of aliphatic hydroxyl groups is 1. The third-order valence-corrected chi connectivity index (χ3v) is 4.03. The smallest absolute Gasteiger partial charge is 0.221 e. The average Bonchev–Trinajstić information content (AvgIpc) is 2.95. The molecule has 2 N–H and O–H groups in total. The van der Waals surface area contributed by atoms with Gasteiger partial charge >= 0.3 is 0 Å². The van der Waals surface area contributed by atoms with Crippen LogP contribution in [0, 0.1) is 5.92 Å². The Morgan fingerprint density at radius 3 is 2.65 bits per heavy atom. The summed E-state index contributed by atoms with van der Waals surface area (Å²) in [6, 6.07) is 0. The molecule has 0 aromatic rings. The zero-order chi connectivity index (χ0) is 12.1. The number of amides is 1. The van der Waals surface area contributed by atoms with Gasteiger partial charge in [0.15, 0.2) is 0 Å². The fourth-order valence-electron chi connectivity index (χ4n) is 2.85. The second-order valence-electron chi connectivity index (χ2n) is 5.36. The van der Waals surface area contributed by atoms with Gasteiger partial charge in [-0.05, 0) is 38.8 Å². The van der Waals surface area contributed by atoms with Crippen LogP contribution in [0.4, 0.5) is 0 Å². The van der Waals surface area contributed by atoms with Gasteiger partial charge in [0.25, 0.3) is 0 Å². The largest absolute Gasteiger partial charge is 0.393 e. The van der Waals surface area contributed by atoms with E-state index in [4.69, 9.17) is 0 Å². The number of aliphatic hydroxyl groups excluding tert-OH is 1. The maximum Gasteiger partial charge on any atom is 0.221 e. The van der Waals surface area contributed by atoms with Crippen molar-refractivity contribution in [3.05, 3.63) is 0 Å². The topological polar surface area (TPSA) is 52.6 Å². The monoisotopic (exact) mass is 240 g/mol. The van der Waals surface area contributed by atoms with E-state index in [0.29, 0.717) is 13.0 Å². The molecule has 98 valence electrons. The third-order valence-electron chi connectivity index (χ3n) is 4.03. The third kappa shape index (κ3) is 3.96. The standard InChI is InChI=1S/C13H24N2O2/c16-12-5-3-4-11(12)10-14-13(17)6-9-15-7-1-2-8-15/h11-12,16H,1-10H2,(H,14,17). The van der Waals surface area contributed by atoms with E-state index in [2.05, 4.69) is 10.2 Å². The van der Waals surface area contributed by atoms with Crippen LogP contribution in [0.15, 0.2) is 0 Å². The lowest BCUT2D eigenvalue weighted by Gasteiger charge is -2.17. The highest BCUT2D eigenvalue weighted by Gasteiger charge is 2.25. The van der Waals surface area contributed by atoms with E-state index in [0.717, 1.165) is 38.9 Å². The van der Waals surface area contributed by atoms with E-state index in [1.807, 2.05) is 0 Å². The Labute approximate surface area is 103 Å². The first-order chi connectivity index (χ1) is 8.25. The van der Waals surface area contributed by atoms with Gasteiger partial charge in [-0.3, -0.25) is 4.79 Å². The summed E-state index contributed by atoms with van der Waals surface area (Å²) in [5.41, 5.74) is 0. The summed E-state index contributed by atoms with van der Waals surface area (Å²) in [7, 11) is 0. The van der Waals surface area contributed by atoms with Crippen molar-refractivity contribution in [2.75, 3.05) is 26.2 Å². The molecule has 2 unspecified atom stereocenters. The molecule has 0 bridgehead atoms. The molecule has 4 nitrogen and oxygen atoms in total. The number of rotatable bonds is 5. The van der Waals surface area contributed by atoms with Gasteiger partial charge in [-0.1, -0.05) is 6.42 Å². The maximum absolute atomic E-state index is 11.6. The average molecular weight is 240 g/mol. The zero-order valence-corrected chi connectivity index (χ0v) is 10.5. The minimum absolute atomic E-state index is 0.135. The SMILES string of the molecule is O=C(CCN1CCCC1)NCC1CCCC1O. The predicted octanol–water partition coefficient (Wildman–Crippen LogP) is 0.749. The Hall–Kier alpha value is -0.610. The Morgan fingerprint density at radius 1 is 1.24 bits per heavy atom. The second-order valence-corrected chi connectivity index (χ2v) is 5.36. The summed E-state index contributed by atoms with van der Waals surface area (Å²) < 4.78 is 0. The van der Waals surface area contributed by atoms with Crippen LogP contribution in [-0.4, -0.2) is 48.2 Å². The van der Waals surface area contributed by atoms with Gasteiger partial charge in [0.2, 0.25) is 5.91 Å². The molecular weight excluding hydrogens is 216 g/mol. The van der Waals surface area contributed by atoms with Gasteiger partial charge in [0.05, 0.1) is 6.10 Å². The van der Waals surface area contributed by atoms with E-state index in [-0.39, 0.29) is 17.9 Å². The molecular formula is C13H24N2O2. The van der Waals surface area contributed by atoms with Crippen molar-refractivity contribution in [3.8, 4) is 0 Å². The highest BCUT2D eigenvalue weighted by molar-refractivity contribution is 5.76. The summed E-state index contributed by atoms with van der Waals surface area (Å²) in [5.74, 6) is 0.418. The number of nitrogens with zero attached hydrogens (tertiary/aromatic N) is 1. The first-order valence-electron chi connectivity index (χ1n) is 6.93. The van der Waals surface area contributed by atoms with Crippen LogP contribution in [0.2, 0.25) is 0 Å². The van der Waals surface area contributed by atoms with Crippen LogP contribution in [0.3, 0.4) is 0 Å². The highest BCUT2D eigenvalue weighted by Crippen LogP contribution is 2.24. The Bertz CT molecular complexity index is 252. The minimum atomic E-state index is -0.200. The second kappa shape index (κ2) is 6.36. The lowest BCUT2D eigenvalue weighted by atomic mass is 10.1. The van der Waals surface area contributed by atoms with E-state index in [1.54, 1.807) is 0 Å². The Balaban J connectivity index is 1.57. The van der Waals surface area contributed by atoms with Gasteiger partial charge in [-0.2, -0.15) is 0 Å². The highest BCUT2D eigenvalue weighted by atomic mass is 16.3. The van der Waals surface area contributed by atoms with Crippen molar-refractivity contribution in [1.82, 2.24) is 10.2 Å². The Morgan fingerprint density at radius 2 is 2.00 bits per heavy atom. The maximum atomic E-state index is 11.6. The molecule has 0 aromatic heterocycles. The minimum Gasteiger partial charge on any atom is -0.393 e. The lowest BCUT2D eigenvalue weighted by molar-refractivity contribution is -0.121. The quantitative estimate of drug-likeness (QED) is 0.745. The van der Waals surface area contributed by atoms with Crippen LogP contribution in [0.25, 0.3) is 0 Å². The van der Waals surface area contributed by atoms with Gasteiger partial charge < -0.3 is 15.3 Å². The van der Waals surface area contributed by atoms with Crippen LogP contribution in [-0.2, 0) is 4.79 Å². The van der Waals surface area contributed by atoms with Crippen molar-refractivity contribution >= 4 is 5.91 Å². The van der Waals surface area contributed by atoms with E-state index >= 15 is 0 Å². The van der Waals surface area contributed by atoms with Crippen LogP contribution in [0.5, 0.6) is 0 Å². The van der Waals surface area contributed by atoms with Gasteiger partial charge in [-0.15, -0.1) is 0 Å². The predicted molar refractivity (Wildman–Crippen MR) is 66.6 cm³/mol. The summed E-state index contributed by atoms with van der Waals surface area (Å²) in [6.07, 6.45) is 5.99. The normalized spacial score (nSPS) is 29.7. The van der Waals surface area contributed by atoms with Crippen LogP contribution in [0.1, 0.15) is 38.5 Å². The van der Waals surface area contributed by atoms with E-state index in [9.17, 15) is 9.90 Å². The fraction of sp³-hybridized carbons (Fsp3) is 0.923. The fourth-order valence-corrected chi connectivity index (χ4v) is 2.85. The van der Waals surface area contributed by atoms with E-state index in [1.165, 1.54) is 12.8 Å². The van der Waals surface area contributed by atoms with Crippen molar-refractivity contribution in [2.45, 2.75) is 44.6 Å². The molecule has 17 heavy (non-hydrogen) atoms. The molecule has 2 rings (SSSR count). The number of nitrogens with one attached hydrogen (secondary N) is 1. The molecule has 1 aliphatic carbocycles. The zero-order valence-electron chi connectivity index (χ0n) is 10.5. The molecule has 0 radical (unpaired) electrons. The molecule has 2 atom stereocenters. The first-order valence-corrected chi connectivity index (χ1v) is 6.93. The van der Waals surface area contributed by atoms with Crippen LogP contribution < -0.4 is 5.32 Å². The molecule has 0 aromatic carbocycles. The van der Waals surface area contributed by atoms with Gasteiger partial charge in [0, 0.05) is 25.4 Å². The Kier molecular flexibility index (Phi) is 4.80. The first kappa shape index (κ1) is 12.8. The number of likely N-dealkylation sites (tertiary alicyclic amines) is 1. The number of carbonyl (C=O) groups is 1. The van der Waals surface area contributed by atoms with Crippen molar-refractivity contribution in [1.29, 1.82) is 0 Å². The molecule has 1 heterocycles. The van der Waals surface area contributed by atoms with E-state index < -0.39 is 0 Å². The molecule has 1 saturated carbocycles. The van der Waals surface area contributed by atoms with Crippen molar-refractivity contribution < 1.29 is 9.90 Å². The summed E-state index contributed by atoms with van der Waals surface area (Å²) in [5, 5.41) is 12.6. The number of hydrogen-bond donors (Lipinski definition) is 2.